The molecule has 3 heterocycles. The van der Waals surface area contributed by atoms with E-state index < -0.39 is 17.2 Å². The Hall–Kier alpha value is -3.42. The van der Waals surface area contributed by atoms with Crippen molar-refractivity contribution in [3.63, 3.8) is 0 Å². The maximum absolute atomic E-state index is 13.8. The third kappa shape index (κ3) is 4.81. The van der Waals surface area contributed by atoms with Gasteiger partial charge < -0.3 is 25.0 Å². The molecule has 2 aromatic carbocycles. The summed E-state index contributed by atoms with van der Waals surface area (Å²) < 4.78 is 12.0. The fourth-order valence-corrected chi connectivity index (χ4v) is 5.78. The second-order valence-corrected chi connectivity index (χ2v) is 10.4. The first-order valence-electron chi connectivity index (χ1n) is 12.9. The molecule has 5 rings (SSSR count). The van der Waals surface area contributed by atoms with Crippen LogP contribution in [0.5, 0.6) is 0 Å². The molecule has 1 saturated heterocycles. The minimum Gasteiger partial charge on any atom is -0.466 e. The number of hydrogen-bond donors (Lipinski definition) is 2. The Morgan fingerprint density at radius 1 is 1.03 bits per heavy atom. The number of carbonyl (C=O) groups excluding carboxylic acids is 2. The molecule has 3 unspecified atom stereocenters. The van der Waals surface area contributed by atoms with Gasteiger partial charge in [0, 0.05) is 11.7 Å². The lowest BCUT2D eigenvalue weighted by molar-refractivity contribution is -0.138. The third-order valence-corrected chi connectivity index (χ3v) is 7.75. The van der Waals surface area contributed by atoms with E-state index in [0.717, 1.165) is 37.2 Å². The summed E-state index contributed by atoms with van der Waals surface area (Å²) in [4.78, 5) is 29.4. The van der Waals surface area contributed by atoms with Crippen molar-refractivity contribution >= 4 is 17.6 Å². The number of rotatable bonds is 8. The minimum absolute atomic E-state index is 0.0558. The van der Waals surface area contributed by atoms with Crippen LogP contribution in [-0.2, 0) is 25.5 Å². The molecule has 3 aliphatic heterocycles. The summed E-state index contributed by atoms with van der Waals surface area (Å²) in [6.45, 7) is 3.70. The van der Waals surface area contributed by atoms with Crippen LogP contribution in [0.25, 0.3) is 0 Å². The Labute approximate surface area is 218 Å². The quantitative estimate of drug-likeness (QED) is 0.426. The molecule has 1 fully saturated rings. The molecule has 0 aliphatic carbocycles. The fraction of sp³-hybridized carbons (Fsp3) is 0.400. The van der Waals surface area contributed by atoms with Crippen LogP contribution in [0.4, 0.5) is 5.69 Å². The van der Waals surface area contributed by atoms with Crippen molar-refractivity contribution in [1.82, 2.24) is 10.2 Å². The van der Waals surface area contributed by atoms with Crippen LogP contribution < -0.4 is 10.6 Å². The smallest absolute Gasteiger partial charge is 0.337 e. The first-order valence-corrected chi connectivity index (χ1v) is 12.9. The highest BCUT2D eigenvalue weighted by Gasteiger charge is 2.62. The molecular weight excluding hydrogens is 466 g/mol. The molecule has 7 heteroatoms. The van der Waals surface area contributed by atoms with Crippen LogP contribution in [0.2, 0.25) is 0 Å². The fourth-order valence-electron chi connectivity index (χ4n) is 5.78. The Morgan fingerprint density at radius 3 is 2.32 bits per heavy atom. The normalized spacial score (nSPS) is 26.2. The number of fused-ring (bicyclic) bond motifs is 2. The van der Waals surface area contributed by atoms with Gasteiger partial charge in [-0.1, -0.05) is 48.5 Å². The van der Waals surface area contributed by atoms with Crippen molar-refractivity contribution in [2.24, 2.45) is 0 Å². The van der Waals surface area contributed by atoms with E-state index in [1.165, 1.54) is 7.11 Å². The van der Waals surface area contributed by atoms with Crippen LogP contribution in [0.3, 0.4) is 0 Å². The monoisotopic (exact) mass is 501 g/mol. The van der Waals surface area contributed by atoms with E-state index >= 15 is 0 Å². The van der Waals surface area contributed by atoms with Gasteiger partial charge in [0.1, 0.15) is 11.2 Å². The number of para-hydroxylation sites is 1. The standard InChI is InChI=1S/C30H35N3O4/c1-29-16-17-30(37-29,24(20-21-10-6-4-7-11-21)31-22-12-8-5-9-13-22)26(28(35)36-3)25(29)27(34)32-23-14-18-33(2)19-15-23/h4-13,16-17,23-24,31H,14-15,18-20H2,1-3H3,(H,32,34). The molecule has 2 N–H and O–H groups in total. The van der Waals surface area contributed by atoms with E-state index in [1.807, 2.05) is 67.6 Å². The molecule has 194 valence electrons. The SMILES string of the molecule is COC(=O)C1=C(C(=O)NC2CCN(C)CC2)C2(C)C=CC1(C(Cc1ccccc1)Nc1ccccc1)O2. The molecule has 2 aromatic rings. The maximum Gasteiger partial charge on any atom is 0.337 e. The zero-order chi connectivity index (χ0) is 26.0. The van der Waals surface area contributed by atoms with Crippen molar-refractivity contribution in [2.45, 2.75) is 49.5 Å². The molecular formula is C30H35N3O4. The van der Waals surface area contributed by atoms with E-state index in [-0.39, 0.29) is 23.6 Å². The minimum atomic E-state index is -1.17. The van der Waals surface area contributed by atoms with Gasteiger partial charge in [0.05, 0.1) is 24.3 Å². The maximum atomic E-state index is 13.8. The number of hydrogen-bond acceptors (Lipinski definition) is 6. The number of nitrogens with one attached hydrogen (secondary N) is 2. The number of likely N-dealkylation sites (tertiary alicyclic amines) is 1. The Kier molecular flexibility index (Phi) is 6.92. The van der Waals surface area contributed by atoms with Gasteiger partial charge in [0.15, 0.2) is 0 Å². The van der Waals surface area contributed by atoms with Crippen LogP contribution in [0, 0.1) is 0 Å². The molecule has 0 spiro atoms. The summed E-state index contributed by atoms with van der Waals surface area (Å²) >= 11 is 0. The molecule has 7 nitrogen and oxygen atoms in total. The van der Waals surface area contributed by atoms with Gasteiger partial charge in [0.2, 0.25) is 0 Å². The summed E-state index contributed by atoms with van der Waals surface area (Å²) in [6.07, 6.45) is 6.14. The van der Waals surface area contributed by atoms with Gasteiger partial charge in [-0.05, 0) is 76.2 Å². The zero-order valence-electron chi connectivity index (χ0n) is 21.7. The highest BCUT2D eigenvalue weighted by Crippen LogP contribution is 2.52. The van der Waals surface area contributed by atoms with Crippen LogP contribution in [0.15, 0.2) is 84.0 Å². The number of carbonyl (C=O) groups is 2. The van der Waals surface area contributed by atoms with E-state index in [0.29, 0.717) is 12.0 Å². The van der Waals surface area contributed by atoms with Crippen molar-refractivity contribution in [3.8, 4) is 0 Å². The highest BCUT2D eigenvalue weighted by atomic mass is 16.6. The molecule has 0 saturated carbocycles. The number of benzene rings is 2. The summed E-state index contributed by atoms with van der Waals surface area (Å²) in [5.41, 5.74) is 0.393. The molecule has 3 atom stereocenters. The van der Waals surface area contributed by atoms with Crippen molar-refractivity contribution in [2.75, 3.05) is 32.6 Å². The first-order chi connectivity index (χ1) is 17.8. The van der Waals surface area contributed by atoms with Crippen molar-refractivity contribution in [1.29, 1.82) is 0 Å². The molecule has 0 aromatic heterocycles. The number of anilines is 1. The zero-order valence-corrected chi connectivity index (χ0v) is 21.7. The summed E-state index contributed by atoms with van der Waals surface area (Å²) in [5, 5.41) is 6.79. The van der Waals surface area contributed by atoms with Gasteiger partial charge in [-0.2, -0.15) is 0 Å². The molecule has 1 amide bonds. The van der Waals surface area contributed by atoms with E-state index in [9.17, 15) is 9.59 Å². The lowest BCUT2D eigenvalue weighted by Crippen LogP contribution is -2.50. The first kappa shape index (κ1) is 25.2. The summed E-state index contributed by atoms with van der Waals surface area (Å²) in [6, 6.07) is 19.6. The van der Waals surface area contributed by atoms with Gasteiger partial charge in [0.25, 0.3) is 5.91 Å². The molecule has 3 aliphatic rings. The average Bonchev–Trinajstić information content (AvgIpc) is 3.40. The Balaban J connectivity index is 1.55. The average molecular weight is 502 g/mol. The van der Waals surface area contributed by atoms with E-state index in [1.54, 1.807) is 0 Å². The molecule has 2 bridgehead atoms. The van der Waals surface area contributed by atoms with E-state index in [2.05, 4.69) is 34.7 Å². The van der Waals surface area contributed by atoms with Gasteiger partial charge in [-0.25, -0.2) is 4.79 Å². The summed E-state index contributed by atoms with van der Waals surface area (Å²) in [5.74, 6) is -0.809. The topological polar surface area (TPSA) is 79.9 Å². The number of piperidine rings is 1. The highest BCUT2D eigenvalue weighted by molar-refractivity contribution is 6.08. The number of methoxy groups -OCH3 is 1. The predicted octanol–water partition coefficient (Wildman–Crippen LogP) is 3.49. The van der Waals surface area contributed by atoms with Crippen LogP contribution in [0.1, 0.15) is 25.3 Å². The second kappa shape index (κ2) is 10.1. The number of esters is 1. The van der Waals surface area contributed by atoms with Crippen LogP contribution >= 0.6 is 0 Å². The van der Waals surface area contributed by atoms with Crippen molar-refractivity contribution < 1.29 is 19.1 Å². The lowest BCUT2D eigenvalue weighted by atomic mass is 9.76. The van der Waals surface area contributed by atoms with Crippen LogP contribution in [-0.4, -0.2) is 67.3 Å². The lowest BCUT2D eigenvalue weighted by Gasteiger charge is -2.36. The van der Waals surface area contributed by atoms with Gasteiger partial charge >= 0.3 is 5.97 Å². The van der Waals surface area contributed by atoms with Gasteiger partial charge in [-0.15, -0.1) is 0 Å². The second-order valence-electron chi connectivity index (χ2n) is 10.4. The number of amides is 1. The number of nitrogens with zero attached hydrogens (tertiary/aromatic N) is 1. The summed E-state index contributed by atoms with van der Waals surface area (Å²) in [7, 11) is 3.44. The largest absolute Gasteiger partial charge is 0.466 e. The van der Waals surface area contributed by atoms with Crippen molar-refractivity contribution in [3.05, 3.63) is 89.5 Å². The Morgan fingerprint density at radius 2 is 1.68 bits per heavy atom. The van der Waals surface area contributed by atoms with E-state index in [4.69, 9.17) is 9.47 Å². The number of ether oxygens (including phenoxy) is 2. The Bertz CT molecular complexity index is 1160. The third-order valence-electron chi connectivity index (χ3n) is 7.75. The predicted molar refractivity (Wildman–Crippen MR) is 143 cm³/mol. The van der Waals surface area contributed by atoms with Gasteiger partial charge in [-0.3, -0.25) is 4.79 Å². The molecule has 37 heavy (non-hydrogen) atoms. The molecule has 0 radical (unpaired) electrons.